The SMILES string of the molecule is CN(Cc1ccccc1N)S(=O)(=O)CCCOCc1ccccc1. The summed E-state index contributed by atoms with van der Waals surface area (Å²) in [6, 6.07) is 17.1. The highest BCUT2D eigenvalue weighted by Gasteiger charge is 2.18. The number of nitrogen functional groups attached to an aromatic ring is 1. The zero-order valence-electron chi connectivity index (χ0n) is 13.9. The lowest BCUT2D eigenvalue weighted by Gasteiger charge is -2.18. The van der Waals surface area contributed by atoms with Gasteiger partial charge in [-0.25, -0.2) is 12.7 Å². The Bertz CT molecular complexity index is 733. The van der Waals surface area contributed by atoms with Gasteiger partial charge in [0.25, 0.3) is 0 Å². The second-order valence-corrected chi connectivity index (χ2v) is 7.86. The van der Waals surface area contributed by atoms with Gasteiger partial charge in [-0.2, -0.15) is 0 Å². The van der Waals surface area contributed by atoms with E-state index in [-0.39, 0.29) is 12.3 Å². The van der Waals surface area contributed by atoms with Crippen LogP contribution < -0.4 is 5.73 Å². The molecule has 0 aromatic heterocycles. The Morgan fingerprint density at radius 2 is 1.71 bits per heavy atom. The van der Waals surface area contributed by atoms with Crippen LogP contribution in [0.3, 0.4) is 0 Å². The molecule has 0 amide bonds. The van der Waals surface area contributed by atoms with Crippen LogP contribution >= 0.6 is 0 Å². The van der Waals surface area contributed by atoms with E-state index in [1.807, 2.05) is 48.5 Å². The monoisotopic (exact) mass is 348 g/mol. The molecule has 0 aliphatic heterocycles. The van der Waals surface area contributed by atoms with Crippen LogP contribution in [0.4, 0.5) is 5.69 Å². The van der Waals surface area contributed by atoms with E-state index in [4.69, 9.17) is 10.5 Å². The molecular weight excluding hydrogens is 324 g/mol. The molecule has 24 heavy (non-hydrogen) atoms. The molecular formula is C18H24N2O3S. The van der Waals surface area contributed by atoms with Crippen molar-refractivity contribution in [3.05, 3.63) is 65.7 Å². The average molecular weight is 348 g/mol. The van der Waals surface area contributed by atoms with E-state index in [9.17, 15) is 8.42 Å². The van der Waals surface area contributed by atoms with E-state index in [0.29, 0.717) is 25.3 Å². The van der Waals surface area contributed by atoms with Crippen LogP contribution in [-0.2, 0) is 27.9 Å². The summed E-state index contributed by atoms with van der Waals surface area (Å²) in [5, 5.41) is 0. The van der Waals surface area contributed by atoms with Crippen LogP contribution in [0.1, 0.15) is 17.5 Å². The number of hydrogen-bond acceptors (Lipinski definition) is 4. The second-order valence-electron chi connectivity index (χ2n) is 5.66. The third kappa shape index (κ3) is 5.63. The van der Waals surface area contributed by atoms with Gasteiger partial charge in [0.2, 0.25) is 10.0 Å². The molecule has 2 aromatic carbocycles. The van der Waals surface area contributed by atoms with Gasteiger partial charge in [-0.3, -0.25) is 0 Å². The third-order valence-electron chi connectivity index (χ3n) is 3.73. The first-order valence-corrected chi connectivity index (χ1v) is 9.49. The topological polar surface area (TPSA) is 72.6 Å². The zero-order chi connectivity index (χ0) is 17.4. The van der Waals surface area contributed by atoms with Crippen molar-refractivity contribution in [3.8, 4) is 0 Å². The summed E-state index contributed by atoms with van der Waals surface area (Å²) in [6.45, 7) is 1.19. The molecule has 130 valence electrons. The minimum atomic E-state index is -3.32. The molecule has 0 spiro atoms. The van der Waals surface area contributed by atoms with Crippen molar-refractivity contribution in [2.24, 2.45) is 0 Å². The standard InChI is InChI=1S/C18H24N2O3S/c1-20(14-17-10-5-6-11-18(17)19)24(21,22)13-7-12-23-15-16-8-3-2-4-9-16/h2-6,8-11H,7,12-15,19H2,1H3. The fraction of sp³-hybridized carbons (Fsp3) is 0.333. The maximum Gasteiger partial charge on any atom is 0.214 e. The van der Waals surface area contributed by atoms with Crippen LogP contribution in [0.2, 0.25) is 0 Å². The fourth-order valence-corrected chi connectivity index (χ4v) is 3.41. The van der Waals surface area contributed by atoms with Crippen molar-refractivity contribution in [2.45, 2.75) is 19.6 Å². The number of hydrogen-bond donors (Lipinski definition) is 1. The van der Waals surface area contributed by atoms with Crippen molar-refractivity contribution in [1.82, 2.24) is 4.31 Å². The summed E-state index contributed by atoms with van der Waals surface area (Å²) >= 11 is 0. The Kier molecular flexibility index (Phi) is 6.78. The van der Waals surface area contributed by atoms with E-state index < -0.39 is 10.0 Å². The van der Waals surface area contributed by atoms with Gasteiger partial charge in [0, 0.05) is 25.9 Å². The first kappa shape index (κ1) is 18.4. The number of ether oxygens (including phenoxy) is 1. The van der Waals surface area contributed by atoms with E-state index >= 15 is 0 Å². The Balaban J connectivity index is 1.75. The van der Waals surface area contributed by atoms with Gasteiger partial charge in [0.1, 0.15) is 0 Å². The largest absolute Gasteiger partial charge is 0.398 e. The maximum atomic E-state index is 12.3. The second kappa shape index (κ2) is 8.82. The summed E-state index contributed by atoms with van der Waals surface area (Å²) in [7, 11) is -1.75. The summed E-state index contributed by atoms with van der Waals surface area (Å²) < 4.78 is 31.5. The highest BCUT2D eigenvalue weighted by molar-refractivity contribution is 7.89. The smallest absolute Gasteiger partial charge is 0.214 e. The van der Waals surface area contributed by atoms with Crippen LogP contribution in [0.15, 0.2) is 54.6 Å². The molecule has 0 heterocycles. The summed E-state index contributed by atoms with van der Waals surface area (Å²) in [5.74, 6) is 0.0605. The van der Waals surface area contributed by atoms with E-state index in [2.05, 4.69) is 0 Å². The van der Waals surface area contributed by atoms with Crippen LogP contribution in [0.25, 0.3) is 0 Å². The maximum absolute atomic E-state index is 12.3. The van der Waals surface area contributed by atoms with Gasteiger partial charge in [0.15, 0.2) is 0 Å². The highest BCUT2D eigenvalue weighted by atomic mass is 32.2. The molecule has 0 fully saturated rings. The highest BCUT2D eigenvalue weighted by Crippen LogP contribution is 2.15. The molecule has 0 unspecified atom stereocenters. The Morgan fingerprint density at radius 1 is 1.04 bits per heavy atom. The van der Waals surface area contributed by atoms with Gasteiger partial charge in [-0.05, 0) is 23.6 Å². The average Bonchev–Trinajstić information content (AvgIpc) is 2.57. The molecule has 0 radical (unpaired) electrons. The molecule has 0 atom stereocenters. The molecule has 2 N–H and O–H groups in total. The van der Waals surface area contributed by atoms with Gasteiger partial charge in [0.05, 0.1) is 12.4 Å². The molecule has 0 saturated heterocycles. The number of benzene rings is 2. The summed E-state index contributed by atoms with van der Waals surface area (Å²) in [4.78, 5) is 0. The predicted molar refractivity (Wildman–Crippen MR) is 96.8 cm³/mol. The van der Waals surface area contributed by atoms with Crippen molar-refractivity contribution in [1.29, 1.82) is 0 Å². The first-order valence-electron chi connectivity index (χ1n) is 7.88. The van der Waals surface area contributed by atoms with E-state index in [1.165, 1.54) is 4.31 Å². The molecule has 0 aliphatic rings. The van der Waals surface area contributed by atoms with Crippen molar-refractivity contribution in [3.63, 3.8) is 0 Å². The molecule has 0 aliphatic carbocycles. The van der Waals surface area contributed by atoms with Crippen LogP contribution in [0, 0.1) is 0 Å². The zero-order valence-corrected chi connectivity index (χ0v) is 14.7. The minimum Gasteiger partial charge on any atom is -0.398 e. The molecule has 0 bridgehead atoms. The number of sulfonamides is 1. The van der Waals surface area contributed by atoms with Crippen LogP contribution in [-0.4, -0.2) is 32.1 Å². The van der Waals surface area contributed by atoms with Crippen LogP contribution in [0.5, 0.6) is 0 Å². The minimum absolute atomic E-state index is 0.0605. The Labute approximate surface area is 144 Å². The van der Waals surface area contributed by atoms with Gasteiger partial charge in [-0.15, -0.1) is 0 Å². The first-order chi connectivity index (χ1) is 11.5. The lowest BCUT2D eigenvalue weighted by molar-refractivity contribution is 0.121. The molecule has 6 heteroatoms. The van der Waals surface area contributed by atoms with E-state index in [0.717, 1.165) is 11.1 Å². The predicted octanol–water partition coefficient (Wildman–Crippen LogP) is 2.64. The quantitative estimate of drug-likeness (QED) is 0.558. The number of para-hydroxylation sites is 1. The Hall–Kier alpha value is -1.89. The summed E-state index contributed by atoms with van der Waals surface area (Å²) in [6.07, 6.45) is 0.462. The summed E-state index contributed by atoms with van der Waals surface area (Å²) in [5.41, 5.74) is 8.36. The third-order valence-corrected chi connectivity index (χ3v) is 5.61. The van der Waals surface area contributed by atoms with Gasteiger partial charge in [-0.1, -0.05) is 48.5 Å². The number of nitrogens with two attached hydrogens (primary N) is 1. The van der Waals surface area contributed by atoms with Crippen molar-refractivity contribution in [2.75, 3.05) is 25.1 Å². The molecule has 2 aromatic rings. The van der Waals surface area contributed by atoms with E-state index in [1.54, 1.807) is 13.1 Å². The van der Waals surface area contributed by atoms with Crippen molar-refractivity contribution < 1.29 is 13.2 Å². The molecule has 5 nitrogen and oxygen atoms in total. The van der Waals surface area contributed by atoms with Crippen molar-refractivity contribution >= 4 is 15.7 Å². The molecule has 2 rings (SSSR count). The van der Waals surface area contributed by atoms with Gasteiger partial charge < -0.3 is 10.5 Å². The van der Waals surface area contributed by atoms with Gasteiger partial charge >= 0.3 is 0 Å². The fourth-order valence-electron chi connectivity index (χ4n) is 2.28. The Morgan fingerprint density at radius 3 is 2.42 bits per heavy atom. The lowest BCUT2D eigenvalue weighted by atomic mass is 10.2. The molecule has 0 saturated carbocycles. The normalized spacial score (nSPS) is 11.8. The lowest BCUT2D eigenvalue weighted by Crippen LogP contribution is -2.29. The number of rotatable bonds is 9. The number of nitrogens with zero attached hydrogens (tertiary/aromatic N) is 1. The number of anilines is 1.